The summed E-state index contributed by atoms with van der Waals surface area (Å²) in [6.07, 6.45) is 4.98. The van der Waals surface area contributed by atoms with Crippen LogP contribution in [0.15, 0.2) is 0 Å². The summed E-state index contributed by atoms with van der Waals surface area (Å²) in [5.74, 6) is 0.902. The Bertz CT molecular complexity index is 274. The fourth-order valence-electron chi connectivity index (χ4n) is 2.80. The minimum atomic E-state index is -0.837. The van der Waals surface area contributed by atoms with E-state index in [-0.39, 0.29) is 11.8 Å². The summed E-state index contributed by atoms with van der Waals surface area (Å²) >= 11 is 0. The SMILES string of the molecule is C[C@@H]1CCC[C@@H](C(=O)NC[C@@]2(O)CCOC2)C1. The van der Waals surface area contributed by atoms with Crippen molar-refractivity contribution in [2.24, 2.45) is 11.8 Å². The van der Waals surface area contributed by atoms with E-state index in [1.54, 1.807) is 0 Å². The lowest BCUT2D eigenvalue weighted by atomic mass is 9.82. The number of hydrogen-bond donors (Lipinski definition) is 2. The molecule has 1 aliphatic carbocycles. The summed E-state index contributed by atoms with van der Waals surface area (Å²) in [5.41, 5.74) is -0.837. The Labute approximate surface area is 103 Å². The zero-order valence-electron chi connectivity index (χ0n) is 10.6. The average Bonchev–Trinajstić information content (AvgIpc) is 2.74. The normalized spacial score (nSPS) is 38.0. The number of ether oxygens (including phenoxy) is 1. The fourth-order valence-corrected chi connectivity index (χ4v) is 2.80. The van der Waals surface area contributed by atoms with Gasteiger partial charge in [0.05, 0.1) is 6.61 Å². The first-order valence-corrected chi connectivity index (χ1v) is 6.67. The summed E-state index contributed by atoms with van der Waals surface area (Å²) in [7, 11) is 0. The summed E-state index contributed by atoms with van der Waals surface area (Å²) < 4.78 is 5.15. The third kappa shape index (κ3) is 3.42. The molecule has 0 radical (unpaired) electrons. The van der Waals surface area contributed by atoms with E-state index in [1.807, 2.05) is 0 Å². The minimum absolute atomic E-state index is 0.108. The molecule has 0 bridgehead atoms. The van der Waals surface area contributed by atoms with Crippen molar-refractivity contribution >= 4 is 5.91 Å². The van der Waals surface area contributed by atoms with E-state index in [2.05, 4.69) is 12.2 Å². The first-order chi connectivity index (χ1) is 8.09. The number of rotatable bonds is 3. The molecule has 2 aliphatic rings. The Kier molecular flexibility index (Phi) is 4.05. The minimum Gasteiger partial charge on any atom is -0.386 e. The van der Waals surface area contributed by atoms with Crippen LogP contribution in [-0.2, 0) is 9.53 Å². The maximum atomic E-state index is 12.0. The molecule has 2 N–H and O–H groups in total. The Balaban J connectivity index is 1.76. The molecule has 4 heteroatoms. The van der Waals surface area contributed by atoms with Gasteiger partial charge in [0.1, 0.15) is 5.60 Å². The topological polar surface area (TPSA) is 58.6 Å². The van der Waals surface area contributed by atoms with Crippen LogP contribution in [0.1, 0.15) is 39.0 Å². The molecule has 1 saturated heterocycles. The predicted octanol–water partition coefficient (Wildman–Crippen LogP) is 1.08. The molecule has 0 spiro atoms. The molecule has 1 aliphatic heterocycles. The average molecular weight is 241 g/mol. The lowest BCUT2D eigenvalue weighted by molar-refractivity contribution is -0.127. The number of carbonyl (C=O) groups is 1. The van der Waals surface area contributed by atoms with Crippen LogP contribution in [0.2, 0.25) is 0 Å². The van der Waals surface area contributed by atoms with Crippen LogP contribution in [0, 0.1) is 11.8 Å². The third-order valence-corrected chi connectivity index (χ3v) is 3.98. The van der Waals surface area contributed by atoms with E-state index >= 15 is 0 Å². The second-order valence-electron chi connectivity index (χ2n) is 5.71. The van der Waals surface area contributed by atoms with Gasteiger partial charge < -0.3 is 15.2 Å². The molecule has 0 aromatic heterocycles. The molecule has 17 heavy (non-hydrogen) atoms. The second kappa shape index (κ2) is 5.36. The van der Waals surface area contributed by atoms with Crippen molar-refractivity contribution in [3.05, 3.63) is 0 Å². The van der Waals surface area contributed by atoms with Crippen LogP contribution < -0.4 is 5.32 Å². The molecule has 1 amide bonds. The quantitative estimate of drug-likeness (QED) is 0.777. The van der Waals surface area contributed by atoms with E-state index in [0.717, 1.165) is 19.3 Å². The lowest BCUT2D eigenvalue weighted by Crippen LogP contribution is -2.45. The summed E-state index contributed by atoms with van der Waals surface area (Å²) in [6, 6.07) is 0. The van der Waals surface area contributed by atoms with Crippen LogP contribution >= 0.6 is 0 Å². The van der Waals surface area contributed by atoms with Gasteiger partial charge in [0.15, 0.2) is 0 Å². The van der Waals surface area contributed by atoms with Gasteiger partial charge in [0, 0.05) is 25.5 Å². The van der Waals surface area contributed by atoms with Crippen molar-refractivity contribution in [1.82, 2.24) is 5.32 Å². The van der Waals surface area contributed by atoms with Gasteiger partial charge in [-0.15, -0.1) is 0 Å². The number of hydrogen-bond acceptors (Lipinski definition) is 3. The van der Waals surface area contributed by atoms with E-state index in [0.29, 0.717) is 32.1 Å². The zero-order chi connectivity index (χ0) is 12.3. The van der Waals surface area contributed by atoms with Gasteiger partial charge >= 0.3 is 0 Å². The van der Waals surface area contributed by atoms with Gasteiger partial charge in [0.25, 0.3) is 0 Å². The maximum absolute atomic E-state index is 12.0. The van der Waals surface area contributed by atoms with Gasteiger partial charge in [-0.05, 0) is 18.8 Å². The van der Waals surface area contributed by atoms with Gasteiger partial charge in [0.2, 0.25) is 5.91 Å². The number of carbonyl (C=O) groups excluding carboxylic acids is 1. The van der Waals surface area contributed by atoms with Crippen LogP contribution in [0.3, 0.4) is 0 Å². The van der Waals surface area contributed by atoms with Crippen LogP contribution in [0.5, 0.6) is 0 Å². The van der Waals surface area contributed by atoms with Crippen LogP contribution in [-0.4, -0.2) is 36.4 Å². The number of amides is 1. The smallest absolute Gasteiger partial charge is 0.223 e. The van der Waals surface area contributed by atoms with Crippen LogP contribution in [0.25, 0.3) is 0 Å². The Morgan fingerprint density at radius 1 is 1.53 bits per heavy atom. The summed E-state index contributed by atoms with van der Waals surface area (Å²) in [4.78, 5) is 12.0. The first-order valence-electron chi connectivity index (χ1n) is 6.67. The zero-order valence-corrected chi connectivity index (χ0v) is 10.6. The number of aliphatic hydroxyl groups is 1. The number of nitrogens with one attached hydrogen (secondary N) is 1. The van der Waals surface area contributed by atoms with E-state index < -0.39 is 5.60 Å². The highest BCUT2D eigenvalue weighted by Gasteiger charge is 2.33. The first kappa shape index (κ1) is 12.8. The van der Waals surface area contributed by atoms with Crippen LogP contribution in [0.4, 0.5) is 0 Å². The standard InChI is InChI=1S/C13H23NO3/c1-10-3-2-4-11(7-10)12(15)14-8-13(16)5-6-17-9-13/h10-11,16H,2-9H2,1H3,(H,14,15)/t10-,11-,13+/m1/s1. The van der Waals surface area contributed by atoms with Crippen molar-refractivity contribution in [3.8, 4) is 0 Å². The molecule has 0 unspecified atom stereocenters. The highest BCUT2D eigenvalue weighted by molar-refractivity contribution is 5.78. The molecule has 2 fully saturated rings. The van der Waals surface area contributed by atoms with E-state index in [9.17, 15) is 9.90 Å². The molecule has 3 atom stereocenters. The van der Waals surface area contributed by atoms with Gasteiger partial charge in [-0.1, -0.05) is 19.8 Å². The fraction of sp³-hybridized carbons (Fsp3) is 0.923. The Hall–Kier alpha value is -0.610. The predicted molar refractivity (Wildman–Crippen MR) is 64.5 cm³/mol. The van der Waals surface area contributed by atoms with Crippen molar-refractivity contribution in [2.45, 2.75) is 44.6 Å². The Morgan fingerprint density at radius 2 is 2.35 bits per heavy atom. The van der Waals surface area contributed by atoms with E-state index in [4.69, 9.17) is 4.74 Å². The second-order valence-corrected chi connectivity index (χ2v) is 5.71. The highest BCUT2D eigenvalue weighted by atomic mass is 16.5. The maximum Gasteiger partial charge on any atom is 0.223 e. The molecular formula is C13H23NO3. The van der Waals surface area contributed by atoms with Crippen molar-refractivity contribution in [3.63, 3.8) is 0 Å². The summed E-state index contributed by atoms with van der Waals surface area (Å²) in [5, 5.41) is 12.9. The lowest BCUT2D eigenvalue weighted by Gasteiger charge is -2.27. The molecule has 4 nitrogen and oxygen atoms in total. The van der Waals surface area contributed by atoms with Crippen molar-refractivity contribution < 1.29 is 14.6 Å². The van der Waals surface area contributed by atoms with Crippen molar-refractivity contribution in [1.29, 1.82) is 0 Å². The molecule has 98 valence electrons. The van der Waals surface area contributed by atoms with E-state index in [1.165, 1.54) is 6.42 Å². The highest BCUT2D eigenvalue weighted by Crippen LogP contribution is 2.28. The van der Waals surface area contributed by atoms with Gasteiger partial charge in [-0.3, -0.25) is 4.79 Å². The van der Waals surface area contributed by atoms with Gasteiger partial charge in [-0.25, -0.2) is 0 Å². The largest absolute Gasteiger partial charge is 0.386 e. The van der Waals surface area contributed by atoms with Crippen molar-refractivity contribution in [2.75, 3.05) is 19.8 Å². The Morgan fingerprint density at radius 3 is 3.00 bits per heavy atom. The molecule has 1 saturated carbocycles. The summed E-state index contributed by atoms with van der Waals surface area (Å²) in [6.45, 7) is 3.47. The molecular weight excluding hydrogens is 218 g/mol. The molecule has 0 aromatic carbocycles. The molecule has 1 heterocycles. The molecule has 2 rings (SSSR count). The monoisotopic (exact) mass is 241 g/mol. The molecule has 0 aromatic rings. The third-order valence-electron chi connectivity index (χ3n) is 3.98. The van der Waals surface area contributed by atoms with Gasteiger partial charge in [-0.2, -0.15) is 0 Å².